The molecule has 0 saturated carbocycles. The molecule has 0 aliphatic carbocycles. The average molecular weight is 257 g/mol. The second kappa shape index (κ2) is 6.73. The van der Waals surface area contributed by atoms with Crippen molar-refractivity contribution in [3.63, 3.8) is 0 Å². The van der Waals surface area contributed by atoms with Crippen LogP contribution in [0.2, 0.25) is 0 Å². The summed E-state index contributed by atoms with van der Waals surface area (Å²) in [5, 5.41) is 11.7. The lowest BCUT2D eigenvalue weighted by Gasteiger charge is -2.26. The molecule has 0 aromatic carbocycles. The Labute approximate surface area is 108 Å². The molecule has 1 amide bonds. The summed E-state index contributed by atoms with van der Waals surface area (Å²) in [5.74, 6) is -0.625. The number of hydrogen-bond acceptors (Lipinski definition) is 3. The van der Waals surface area contributed by atoms with Crippen molar-refractivity contribution < 1.29 is 19.4 Å². The van der Waals surface area contributed by atoms with Crippen molar-refractivity contribution in [1.29, 1.82) is 0 Å². The Balaban J connectivity index is 2.34. The van der Waals surface area contributed by atoms with E-state index in [1.54, 1.807) is 13.8 Å². The van der Waals surface area contributed by atoms with Crippen LogP contribution in [-0.4, -0.2) is 35.7 Å². The molecule has 1 fully saturated rings. The molecule has 0 aromatic heterocycles. The maximum atomic E-state index is 11.8. The zero-order valence-corrected chi connectivity index (χ0v) is 11.2. The van der Waals surface area contributed by atoms with Crippen LogP contribution >= 0.6 is 0 Å². The van der Waals surface area contributed by atoms with E-state index in [2.05, 4.69) is 5.32 Å². The smallest absolute Gasteiger partial charge is 0.329 e. The van der Waals surface area contributed by atoms with Gasteiger partial charge in [0.25, 0.3) is 0 Å². The Morgan fingerprint density at radius 1 is 1.39 bits per heavy atom. The van der Waals surface area contributed by atoms with Crippen LogP contribution in [0.15, 0.2) is 0 Å². The first-order valence-electron chi connectivity index (χ1n) is 6.60. The minimum Gasteiger partial charge on any atom is -0.480 e. The molecule has 1 atom stereocenters. The summed E-state index contributed by atoms with van der Waals surface area (Å²) in [7, 11) is 0. The molecule has 18 heavy (non-hydrogen) atoms. The molecule has 0 radical (unpaired) electrons. The molecule has 1 rings (SSSR count). The lowest BCUT2D eigenvalue weighted by Crippen LogP contribution is -2.51. The molecule has 5 nitrogen and oxygen atoms in total. The Hall–Kier alpha value is -1.10. The van der Waals surface area contributed by atoms with Crippen LogP contribution < -0.4 is 5.32 Å². The maximum absolute atomic E-state index is 11.8. The van der Waals surface area contributed by atoms with Crippen LogP contribution in [0, 0.1) is 5.92 Å². The second-order valence-electron chi connectivity index (χ2n) is 5.13. The van der Waals surface area contributed by atoms with Crippen molar-refractivity contribution in [2.24, 2.45) is 5.92 Å². The van der Waals surface area contributed by atoms with Gasteiger partial charge in [0.15, 0.2) is 0 Å². The quantitative estimate of drug-likeness (QED) is 0.757. The highest BCUT2D eigenvalue weighted by molar-refractivity contribution is 5.86. The molecule has 1 heterocycles. The summed E-state index contributed by atoms with van der Waals surface area (Å²) >= 11 is 0. The number of carboxylic acids is 1. The van der Waals surface area contributed by atoms with E-state index in [9.17, 15) is 9.59 Å². The van der Waals surface area contributed by atoms with Crippen molar-refractivity contribution in [1.82, 2.24) is 5.32 Å². The van der Waals surface area contributed by atoms with Gasteiger partial charge in [0.05, 0.1) is 0 Å². The minimum atomic E-state index is -1.15. The molecule has 0 spiro atoms. The Bertz CT molecular complexity index is 299. The van der Waals surface area contributed by atoms with Crippen LogP contribution in [0.3, 0.4) is 0 Å². The van der Waals surface area contributed by atoms with E-state index < -0.39 is 11.5 Å². The van der Waals surface area contributed by atoms with Gasteiger partial charge in [-0.05, 0) is 38.5 Å². The van der Waals surface area contributed by atoms with Crippen LogP contribution in [0.25, 0.3) is 0 Å². The number of aliphatic carboxylic acids is 1. The van der Waals surface area contributed by atoms with Gasteiger partial charge < -0.3 is 15.2 Å². The van der Waals surface area contributed by atoms with Crippen LogP contribution in [0.5, 0.6) is 0 Å². The number of nitrogens with one attached hydrogen (secondary N) is 1. The third-order valence-corrected chi connectivity index (χ3v) is 3.71. The van der Waals surface area contributed by atoms with Crippen molar-refractivity contribution >= 4 is 11.9 Å². The van der Waals surface area contributed by atoms with Gasteiger partial charge in [0, 0.05) is 19.6 Å². The Kier molecular flexibility index (Phi) is 5.59. The maximum Gasteiger partial charge on any atom is 0.329 e. The second-order valence-corrected chi connectivity index (χ2v) is 5.13. The summed E-state index contributed by atoms with van der Waals surface area (Å²) in [5.41, 5.74) is -1.15. The van der Waals surface area contributed by atoms with Gasteiger partial charge in [-0.1, -0.05) is 6.92 Å². The average Bonchev–Trinajstić information content (AvgIpc) is 2.37. The summed E-state index contributed by atoms with van der Waals surface area (Å²) in [6.45, 7) is 4.84. The van der Waals surface area contributed by atoms with Gasteiger partial charge in [-0.3, -0.25) is 4.79 Å². The fourth-order valence-electron chi connectivity index (χ4n) is 2.03. The fraction of sp³-hybridized carbons (Fsp3) is 0.846. The zero-order chi connectivity index (χ0) is 13.6. The van der Waals surface area contributed by atoms with Gasteiger partial charge in [0.2, 0.25) is 5.91 Å². The highest BCUT2D eigenvalue weighted by atomic mass is 16.5. The van der Waals surface area contributed by atoms with Crippen molar-refractivity contribution in [3.8, 4) is 0 Å². The SMILES string of the molecule is CCC(C)(NC(=O)CCC1CCOCC1)C(=O)O. The molecule has 1 aliphatic heterocycles. The van der Waals surface area contributed by atoms with E-state index in [1.807, 2.05) is 0 Å². The first kappa shape index (κ1) is 15.0. The highest BCUT2D eigenvalue weighted by Gasteiger charge is 2.32. The molecular formula is C13H23NO4. The fourth-order valence-corrected chi connectivity index (χ4v) is 2.03. The number of carboxylic acid groups (broad SMARTS) is 1. The topological polar surface area (TPSA) is 75.6 Å². The molecule has 0 aromatic rings. The minimum absolute atomic E-state index is 0.173. The number of rotatable bonds is 6. The van der Waals surface area contributed by atoms with E-state index in [1.165, 1.54) is 0 Å². The van der Waals surface area contributed by atoms with Crippen molar-refractivity contribution in [3.05, 3.63) is 0 Å². The van der Waals surface area contributed by atoms with Gasteiger partial charge in [-0.2, -0.15) is 0 Å². The number of amides is 1. The van der Waals surface area contributed by atoms with Crippen LogP contribution in [-0.2, 0) is 14.3 Å². The van der Waals surface area contributed by atoms with Gasteiger partial charge in [-0.25, -0.2) is 4.79 Å². The van der Waals surface area contributed by atoms with Crippen molar-refractivity contribution in [2.75, 3.05) is 13.2 Å². The molecule has 104 valence electrons. The summed E-state index contributed by atoms with van der Waals surface area (Å²) < 4.78 is 5.26. The number of hydrogen-bond donors (Lipinski definition) is 2. The zero-order valence-electron chi connectivity index (χ0n) is 11.2. The number of ether oxygens (including phenoxy) is 1. The van der Waals surface area contributed by atoms with E-state index in [-0.39, 0.29) is 5.91 Å². The molecular weight excluding hydrogens is 234 g/mol. The molecule has 5 heteroatoms. The third-order valence-electron chi connectivity index (χ3n) is 3.71. The van der Waals surface area contributed by atoms with Crippen LogP contribution in [0.1, 0.15) is 46.0 Å². The predicted molar refractivity (Wildman–Crippen MR) is 67.3 cm³/mol. The molecule has 1 saturated heterocycles. The highest BCUT2D eigenvalue weighted by Crippen LogP contribution is 2.20. The molecule has 1 unspecified atom stereocenters. The van der Waals surface area contributed by atoms with Gasteiger partial charge in [0.1, 0.15) is 5.54 Å². The largest absolute Gasteiger partial charge is 0.480 e. The standard InChI is InChI=1S/C13H23NO4/c1-3-13(2,12(16)17)14-11(15)5-4-10-6-8-18-9-7-10/h10H,3-9H2,1-2H3,(H,14,15)(H,16,17). The molecule has 2 N–H and O–H groups in total. The Morgan fingerprint density at radius 3 is 2.50 bits per heavy atom. The summed E-state index contributed by atoms with van der Waals surface area (Å²) in [6.07, 6.45) is 3.59. The lowest BCUT2D eigenvalue weighted by molar-refractivity contribution is -0.147. The normalized spacial score (nSPS) is 20.1. The first-order chi connectivity index (χ1) is 8.48. The van der Waals surface area contributed by atoms with E-state index >= 15 is 0 Å². The summed E-state index contributed by atoms with van der Waals surface area (Å²) in [4.78, 5) is 22.8. The van der Waals surface area contributed by atoms with Gasteiger partial charge >= 0.3 is 5.97 Å². The van der Waals surface area contributed by atoms with E-state index in [0.717, 1.165) is 32.5 Å². The number of carbonyl (C=O) groups is 2. The van der Waals surface area contributed by atoms with Crippen LogP contribution in [0.4, 0.5) is 0 Å². The van der Waals surface area contributed by atoms with Gasteiger partial charge in [-0.15, -0.1) is 0 Å². The van der Waals surface area contributed by atoms with E-state index in [4.69, 9.17) is 9.84 Å². The Morgan fingerprint density at radius 2 is 2.00 bits per heavy atom. The molecule has 0 bridgehead atoms. The first-order valence-corrected chi connectivity index (χ1v) is 6.60. The molecule has 1 aliphatic rings. The monoisotopic (exact) mass is 257 g/mol. The summed E-state index contributed by atoms with van der Waals surface area (Å²) in [6, 6.07) is 0. The van der Waals surface area contributed by atoms with E-state index in [0.29, 0.717) is 18.8 Å². The number of carbonyl (C=O) groups excluding carboxylic acids is 1. The van der Waals surface area contributed by atoms with Crippen molar-refractivity contribution in [2.45, 2.75) is 51.5 Å². The lowest BCUT2D eigenvalue weighted by atomic mass is 9.94. The third kappa shape index (κ3) is 4.29. The predicted octanol–water partition coefficient (Wildman–Crippen LogP) is 1.56.